The van der Waals surface area contributed by atoms with E-state index >= 15 is 0 Å². The van der Waals surface area contributed by atoms with Gasteiger partial charge in [0.15, 0.2) is 0 Å². The summed E-state index contributed by atoms with van der Waals surface area (Å²) in [5.74, 6) is 0. The average molecular weight is 258 g/mol. The molecule has 0 bridgehead atoms. The Labute approximate surface area is 93.8 Å². The lowest BCUT2D eigenvalue weighted by Crippen LogP contribution is -2.45. The molecular weight excluding hydrogens is 242 g/mol. The maximum Gasteiger partial charge on any atom is 0.282 e. The van der Waals surface area contributed by atoms with E-state index in [2.05, 4.69) is 0 Å². The van der Waals surface area contributed by atoms with Gasteiger partial charge in [-0.3, -0.25) is 0 Å². The molecule has 0 aliphatic carbocycles. The molecule has 0 amide bonds. The molecule has 96 valence electrons. The third-order valence-corrected chi connectivity index (χ3v) is 4.41. The first kappa shape index (κ1) is 13.8. The van der Waals surface area contributed by atoms with E-state index in [0.717, 1.165) is 12.8 Å². The van der Waals surface area contributed by atoms with Crippen molar-refractivity contribution in [3.63, 3.8) is 0 Å². The predicted octanol–water partition coefficient (Wildman–Crippen LogP) is -0.114. The summed E-state index contributed by atoms with van der Waals surface area (Å²) in [4.78, 5) is 0. The van der Waals surface area contributed by atoms with E-state index < -0.39 is 29.8 Å². The molecule has 1 rings (SSSR count). The van der Waals surface area contributed by atoms with Gasteiger partial charge in [-0.15, -0.1) is 0 Å². The van der Waals surface area contributed by atoms with Gasteiger partial charge < -0.3 is 5.11 Å². The third-order valence-electron chi connectivity index (χ3n) is 2.41. The number of aliphatic hydroxyl groups excluding tert-OH is 1. The Kier molecular flexibility index (Phi) is 5.03. The number of alkyl halides is 2. The van der Waals surface area contributed by atoms with Gasteiger partial charge in [0.1, 0.15) is 0 Å². The molecule has 5 nitrogen and oxygen atoms in total. The minimum Gasteiger partial charge on any atom is -0.395 e. The number of hydrogen-bond acceptors (Lipinski definition) is 3. The van der Waals surface area contributed by atoms with Gasteiger partial charge in [-0.2, -0.15) is 17.0 Å². The van der Waals surface area contributed by atoms with Crippen LogP contribution in [0.15, 0.2) is 0 Å². The monoisotopic (exact) mass is 258 g/mol. The topological polar surface area (TPSA) is 60.9 Å². The zero-order valence-corrected chi connectivity index (χ0v) is 9.67. The van der Waals surface area contributed by atoms with Crippen LogP contribution in [0.25, 0.3) is 0 Å². The maximum atomic E-state index is 12.2. The summed E-state index contributed by atoms with van der Waals surface area (Å²) in [5.41, 5.74) is 0. The van der Waals surface area contributed by atoms with Crippen LogP contribution in [0.3, 0.4) is 0 Å². The van der Waals surface area contributed by atoms with Crippen molar-refractivity contribution < 1.29 is 22.3 Å². The van der Waals surface area contributed by atoms with E-state index in [0.29, 0.717) is 17.4 Å². The molecule has 1 saturated heterocycles. The second kappa shape index (κ2) is 5.85. The van der Waals surface area contributed by atoms with Crippen LogP contribution in [0.4, 0.5) is 8.78 Å². The largest absolute Gasteiger partial charge is 0.395 e. The summed E-state index contributed by atoms with van der Waals surface area (Å²) in [7, 11) is -3.83. The van der Waals surface area contributed by atoms with E-state index in [4.69, 9.17) is 5.11 Å². The van der Waals surface area contributed by atoms with Crippen LogP contribution in [-0.2, 0) is 10.2 Å². The molecule has 8 heteroatoms. The van der Waals surface area contributed by atoms with Crippen LogP contribution in [0.2, 0.25) is 0 Å². The van der Waals surface area contributed by atoms with Crippen LogP contribution in [0.5, 0.6) is 0 Å². The van der Waals surface area contributed by atoms with E-state index in [9.17, 15) is 17.2 Å². The molecule has 0 aromatic carbocycles. The van der Waals surface area contributed by atoms with Crippen LogP contribution in [0, 0.1) is 0 Å². The molecule has 0 spiro atoms. The standard InChI is InChI=1S/C8H16F2N2O3S/c9-8(10)7-12(5-6-13)16(14,15)11-3-1-2-4-11/h8,13H,1-7H2. The lowest BCUT2D eigenvalue weighted by molar-refractivity contribution is 0.110. The molecule has 0 aromatic rings. The molecule has 0 aromatic heterocycles. The SMILES string of the molecule is O=S(=O)(N1CCCC1)N(CCO)CC(F)F. The van der Waals surface area contributed by atoms with Crippen molar-refractivity contribution in [2.75, 3.05) is 32.8 Å². The quantitative estimate of drug-likeness (QED) is 0.723. The number of aliphatic hydroxyl groups is 1. The highest BCUT2D eigenvalue weighted by Crippen LogP contribution is 2.17. The van der Waals surface area contributed by atoms with Gasteiger partial charge in [-0.05, 0) is 12.8 Å². The smallest absolute Gasteiger partial charge is 0.282 e. The normalized spacial score (nSPS) is 18.8. The Hall–Kier alpha value is -0.310. The summed E-state index contributed by atoms with van der Waals surface area (Å²) in [6, 6.07) is 0. The van der Waals surface area contributed by atoms with Gasteiger partial charge in [0, 0.05) is 19.6 Å². The molecular formula is C8H16F2N2O3S. The first-order valence-electron chi connectivity index (χ1n) is 5.12. The number of hydrogen-bond donors (Lipinski definition) is 1. The van der Waals surface area contributed by atoms with Gasteiger partial charge >= 0.3 is 0 Å². The molecule has 1 fully saturated rings. The summed E-state index contributed by atoms with van der Waals surface area (Å²) in [6.07, 6.45) is -1.23. The molecule has 1 heterocycles. The molecule has 1 N–H and O–H groups in total. The first-order chi connectivity index (χ1) is 7.48. The second-order valence-corrected chi connectivity index (χ2v) is 5.52. The number of nitrogens with zero attached hydrogens (tertiary/aromatic N) is 2. The van der Waals surface area contributed by atoms with Crippen molar-refractivity contribution in [3.05, 3.63) is 0 Å². The van der Waals surface area contributed by atoms with Crippen LogP contribution < -0.4 is 0 Å². The fraction of sp³-hybridized carbons (Fsp3) is 1.00. The fourth-order valence-corrected chi connectivity index (χ4v) is 3.31. The first-order valence-corrected chi connectivity index (χ1v) is 6.52. The minimum atomic E-state index is -3.83. The van der Waals surface area contributed by atoms with Gasteiger partial charge in [-0.1, -0.05) is 0 Å². The van der Waals surface area contributed by atoms with E-state index in [1.54, 1.807) is 0 Å². The summed E-state index contributed by atoms with van der Waals surface area (Å²) in [6.45, 7) is -0.872. The highest BCUT2D eigenvalue weighted by molar-refractivity contribution is 7.86. The van der Waals surface area contributed by atoms with Gasteiger partial charge in [-0.25, -0.2) is 8.78 Å². The third kappa shape index (κ3) is 3.34. The molecule has 0 saturated carbocycles. The fourth-order valence-electron chi connectivity index (χ4n) is 1.65. The summed E-state index contributed by atoms with van der Waals surface area (Å²) in [5, 5.41) is 8.69. The Morgan fingerprint density at radius 1 is 1.31 bits per heavy atom. The van der Waals surface area contributed by atoms with E-state index in [1.165, 1.54) is 4.31 Å². The van der Waals surface area contributed by atoms with Gasteiger partial charge in [0.25, 0.3) is 16.6 Å². The number of rotatable bonds is 6. The minimum absolute atomic E-state index is 0.289. The summed E-state index contributed by atoms with van der Waals surface area (Å²) < 4.78 is 50.0. The Balaban J connectivity index is 2.74. The molecule has 0 unspecified atom stereocenters. The van der Waals surface area contributed by atoms with E-state index in [-0.39, 0.29) is 6.54 Å². The van der Waals surface area contributed by atoms with Crippen LogP contribution in [-0.4, -0.2) is 61.3 Å². The van der Waals surface area contributed by atoms with Crippen LogP contribution >= 0.6 is 0 Å². The highest BCUT2D eigenvalue weighted by Gasteiger charge is 2.32. The van der Waals surface area contributed by atoms with Gasteiger partial charge in [0.05, 0.1) is 13.2 Å². The Morgan fingerprint density at radius 3 is 2.31 bits per heavy atom. The van der Waals surface area contributed by atoms with E-state index in [1.807, 2.05) is 0 Å². The van der Waals surface area contributed by atoms with Crippen LogP contribution in [0.1, 0.15) is 12.8 Å². The zero-order valence-electron chi connectivity index (χ0n) is 8.85. The highest BCUT2D eigenvalue weighted by atomic mass is 32.2. The lowest BCUT2D eigenvalue weighted by Gasteiger charge is -2.26. The van der Waals surface area contributed by atoms with Gasteiger partial charge in [0.2, 0.25) is 0 Å². The van der Waals surface area contributed by atoms with Crippen molar-refractivity contribution in [3.8, 4) is 0 Å². The number of halogens is 2. The van der Waals surface area contributed by atoms with Crippen molar-refractivity contribution >= 4 is 10.2 Å². The second-order valence-electron chi connectivity index (χ2n) is 3.59. The average Bonchev–Trinajstić information content (AvgIpc) is 2.69. The zero-order chi connectivity index (χ0) is 12.2. The molecule has 16 heavy (non-hydrogen) atoms. The molecule has 0 atom stereocenters. The Morgan fingerprint density at radius 2 is 1.88 bits per heavy atom. The lowest BCUT2D eigenvalue weighted by atomic mass is 10.4. The Bertz CT molecular complexity index is 304. The van der Waals surface area contributed by atoms with Crippen molar-refractivity contribution in [2.24, 2.45) is 0 Å². The maximum absolute atomic E-state index is 12.2. The molecule has 1 aliphatic heterocycles. The summed E-state index contributed by atoms with van der Waals surface area (Å²) >= 11 is 0. The predicted molar refractivity (Wildman–Crippen MR) is 54.4 cm³/mol. The molecule has 1 aliphatic rings. The van der Waals surface area contributed by atoms with Crippen molar-refractivity contribution in [1.82, 2.24) is 8.61 Å². The molecule has 0 radical (unpaired) electrons. The van der Waals surface area contributed by atoms with Crippen molar-refractivity contribution in [1.29, 1.82) is 0 Å². The van der Waals surface area contributed by atoms with Crippen molar-refractivity contribution in [2.45, 2.75) is 19.3 Å².